The number of carbonyl (C=O) groups excluding carboxylic acids is 1. The smallest absolute Gasteiger partial charge is 0.251 e. The summed E-state index contributed by atoms with van der Waals surface area (Å²) in [6.45, 7) is 1.33. The number of hydrogen-bond donors (Lipinski definition) is 0. The summed E-state index contributed by atoms with van der Waals surface area (Å²) < 4.78 is 0. The number of rotatable bonds is 3. The summed E-state index contributed by atoms with van der Waals surface area (Å²) in [4.78, 5) is 14.9. The van der Waals surface area contributed by atoms with E-state index in [-0.39, 0.29) is 5.91 Å². The molecule has 3 heteroatoms. The van der Waals surface area contributed by atoms with Gasteiger partial charge in [0.2, 0.25) is 0 Å². The minimum absolute atomic E-state index is 0.00300. The van der Waals surface area contributed by atoms with Gasteiger partial charge in [-0.25, -0.2) is 0 Å². The molecule has 0 unspecified atom stereocenters. The number of likely N-dealkylation sites (tertiary alicyclic amines) is 1. The van der Waals surface area contributed by atoms with Crippen LogP contribution in [0.3, 0.4) is 0 Å². The van der Waals surface area contributed by atoms with E-state index in [9.17, 15) is 10.1 Å². The summed E-state index contributed by atoms with van der Waals surface area (Å²) in [7, 11) is 0. The Morgan fingerprint density at radius 1 is 1.00 bits per heavy atom. The van der Waals surface area contributed by atoms with Crippen molar-refractivity contribution in [3.05, 3.63) is 77.4 Å². The number of hydrogen-bond acceptors (Lipinski definition) is 2. The molecule has 1 saturated heterocycles. The first-order valence-electron chi connectivity index (χ1n) is 8.31. The molecule has 0 aliphatic carbocycles. The number of allylic oxidation sites excluding steroid dienone is 1. The highest BCUT2D eigenvalue weighted by Gasteiger charge is 2.25. The van der Waals surface area contributed by atoms with Crippen LogP contribution in [-0.2, 0) is 11.3 Å². The van der Waals surface area contributed by atoms with Gasteiger partial charge in [0, 0.05) is 18.7 Å². The maximum atomic E-state index is 13.0. The largest absolute Gasteiger partial charge is 0.335 e. The van der Waals surface area contributed by atoms with Crippen molar-refractivity contribution in [2.45, 2.75) is 25.8 Å². The molecular formula is C21H20N2O. The van der Waals surface area contributed by atoms with Crippen LogP contribution in [0, 0.1) is 11.3 Å². The Bertz CT molecular complexity index is 772. The Labute approximate surface area is 142 Å². The van der Waals surface area contributed by atoms with Gasteiger partial charge in [0.15, 0.2) is 0 Å². The lowest BCUT2D eigenvalue weighted by molar-refractivity contribution is -0.127. The van der Waals surface area contributed by atoms with Crippen LogP contribution >= 0.6 is 0 Å². The van der Waals surface area contributed by atoms with Crippen molar-refractivity contribution in [2.75, 3.05) is 6.54 Å². The van der Waals surface area contributed by atoms with E-state index in [0.29, 0.717) is 24.1 Å². The molecule has 1 amide bonds. The van der Waals surface area contributed by atoms with E-state index in [1.54, 1.807) is 0 Å². The molecule has 1 heterocycles. The first kappa shape index (κ1) is 16.0. The van der Waals surface area contributed by atoms with E-state index in [4.69, 9.17) is 0 Å². The van der Waals surface area contributed by atoms with Gasteiger partial charge in [0.05, 0.1) is 5.57 Å². The Morgan fingerprint density at radius 3 is 2.33 bits per heavy atom. The molecule has 2 aromatic carbocycles. The fraction of sp³-hybridized carbons (Fsp3) is 0.238. The average Bonchev–Trinajstić information content (AvgIpc) is 2.81. The van der Waals surface area contributed by atoms with E-state index in [1.165, 1.54) is 0 Å². The monoisotopic (exact) mass is 316 g/mol. The van der Waals surface area contributed by atoms with Crippen LogP contribution in [0.4, 0.5) is 0 Å². The first-order chi connectivity index (χ1) is 11.8. The van der Waals surface area contributed by atoms with Crippen molar-refractivity contribution in [3.63, 3.8) is 0 Å². The van der Waals surface area contributed by atoms with Crippen molar-refractivity contribution in [3.8, 4) is 6.07 Å². The fourth-order valence-corrected chi connectivity index (χ4v) is 3.10. The van der Waals surface area contributed by atoms with Crippen LogP contribution in [0.5, 0.6) is 0 Å². The van der Waals surface area contributed by atoms with Gasteiger partial charge < -0.3 is 4.90 Å². The molecule has 0 saturated carbocycles. The molecular weight excluding hydrogens is 296 g/mol. The topological polar surface area (TPSA) is 44.1 Å². The molecule has 0 N–H and O–H groups in total. The van der Waals surface area contributed by atoms with Crippen LogP contribution in [0.25, 0.3) is 5.57 Å². The molecule has 24 heavy (non-hydrogen) atoms. The van der Waals surface area contributed by atoms with Crippen molar-refractivity contribution < 1.29 is 4.79 Å². The predicted octanol–water partition coefficient (Wildman–Crippen LogP) is 4.18. The molecule has 0 spiro atoms. The molecule has 1 aliphatic heterocycles. The van der Waals surface area contributed by atoms with Crippen molar-refractivity contribution >= 4 is 11.5 Å². The predicted molar refractivity (Wildman–Crippen MR) is 94.7 cm³/mol. The molecule has 0 aromatic heterocycles. The maximum Gasteiger partial charge on any atom is 0.251 e. The second kappa shape index (κ2) is 7.61. The third-order valence-electron chi connectivity index (χ3n) is 4.34. The molecule has 0 bridgehead atoms. The van der Waals surface area contributed by atoms with Gasteiger partial charge in [-0.15, -0.1) is 0 Å². The van der Waals surface area contributed by atoms with E-state index in [2.05, 4.69) is 6.07 Å². The summed E-state index contributed by atoms with van der Waals surface area (Å²) in [5, 5.41) is 9.64. The van der Waals surface area contributed by atoms with Gasteiger partial charge in [-0.1, -0.05) is 60.7 Å². The highest BCUT2D eigenvalue weighted by atomic mass is 16.2. The lowest BCUT2D eigenvalue weighted by atomic mass is 9.97. The molecule has 0 radical (unpaired) electrons. The number of nitrogens with zero attached hydrogens (tertiary/aromatic N) is 2. The number of benzene rings is 2. The zero-order chi connectivity index (χ0) is 16.8. The number of amides is 1. The third kappa shape index (κ3) is 3.55. The van der Waals surface area contributed by atoms with Crippen molar-refractivity contribution in [2.24, 2.45) is 0 Å². The van der Waals surface area contributed by atoms with Crippen LogP contribution in [0.15, 0.2) is 66.2 Å². The normalized spacial score (nSPS) is 17.1. The van der Waals surface area contributed by atoms with E-state index in [0.717, 1.165) is 30.5 Å². The third-order valence-corrected chi connectivity index (χ3v) is 4.34. The summed E-state index contributed by atoms with van der Waals surface area (Å²) >= 11 is 0. The number of nitriles is 1. The summed E-state index contributed by atoms with van der Waals surface area (Å²) in [6.07, 6.45) is 2.57. The van der Waals surface area contributed by atoms with Gasteiger partial charge >= 0.3 is 0 Å². The van der Waals surface area contributed by atoms with Gasteiger partial charge in [-0.05, 0) is 30.4 Å². The summed E-state index contributed by atoms with van der Waals surface area (Å²) in [6, 6.07) is 21.8. The Kier molecular flexibility index (Phi) is 5.08. The SMILES string of the molecule is N#C/C(=C1/CCCCN(Cc2ccccc2)C1=O)c1ccccc1. The van der Waals surface area contributed by atoms with Gasteiger partial charge in [-0.3, -0.25) is 4.79 Å². The number of carbonyl (C=O) groups is 1. The molecule has 0 atom stereocenters. The summed E-state index contributed by atoms with van der Waals surface area (Å²) in [5.74, 6) is -0.00300. The molecule has 1 fully saturated rings. The minimum atomic E-state index is -0.00300. The standard InChI is InChI=1S/C21H20N2O/c22-15-20(18-11-5-2-6-12-18)19-13-7-8-14-23(21(19)24)16-17-9-3-1-4-10-17/h1-6,9-12H,7-8,13-14,16H2/b20-19+. The van der Waals surface area contributed by atoms with Crippen LogP contribution in [-0.4, -0.2) is 17.4 Å². The van der Waals surface area contributed by atoms with E-state index in [1.807, 2.05) is 65.6 Å². The van der Waals surface area contributed by atoms with Crippen molar-refractivity contribution in [1.29, 1.82) is 5.26 Å². The quantitative estimate of drug-likeness (QED) is 0.630. The van der Waals surface area contributed by atoms with E-state index >= 15 is 0 Å². The Hall–Kier alpha value is -2.86. The van der Waals surface area contributed by atoms with Gasteiger partial charge in [-0.2, -0.15) is 5.26 Å². The van der Waals surface area contributed by atoms with Crippen LogP contribution in [0.2, 0.25) is 0 Å². The van der Waals surface area contributed by atoms with Crippen molar-refractivity contribution in [1.82, 2.24) is 4.90 Å². The molecule has 3 rings (SSSR count). The molecule has 1 aliphatic rings. The molecule has 3 nitrogen and oxygen atoms in total. The van der Waals surface area contributed by atoms with E-state index < -0.39 is 0 Å². The summed E-state index contributed by atoms with van der Waals surface area (Å²) in [5.41, 5.74) is 3.10. The first-order valence-corrected chi connectivity index (χ1v) is 8.31. The second-order valence-electron chi connectivity index (χ2n) is 6.00. The van der Waals surface area contributed by atoms with Gasteiger partial charge in [0.25, 0.3) is 5.91 Å². The average molecular weight is 316 g/mol. The zero-order valence-electron chi connectivity index (χ0n) is 13.6. The van der Waals surface area contributed by atoms with Gasteiger partial charge in [0.1, 0.15) is 6.07 Å². The minimum Gasteiger partial charge on any atom is -0.335 e. The lowest BCUT2D eigenvalue weighted by Crippen LogP contribution is -2.31. The Morgan fingerprint density at radius 2 is 1.67 bits per heavy atom. The zero-order valence-corrected chi connectivity index (χ0v) is 13.6. The Balaban J connectivity index is 1.94. The second-order valence-corrected chi connectivity index (χ2v) is 6.00. The molecule has 2 aromatic rings. The highest BCUT2D eigenvalue weighted by Crippen LogP contribution is 2.27. The maximum absolute atomic E-state index is 13.0. The van der Waals surface area contributed by atoms with Crippen LogP contribution < -0.4 is 0 Å². The highest BCUT2D eigenvalue weighted by molar-refractivity contribution is 6.04. The van der Waals surface area contributed by atoms with Crippen LogP contribution in [0.1, 0.15) is 30.4 Å². The lowest BCUT2D eigenvalue weighted by Gasteiger charge is -2.22. The fourth-order valence-electron chi connectivity index (χ4n) is 3.10. The molecule has 120 valence electrons.